The molecule has 2 aliphatic rings. The molecule has 1 aliphatic carbocycles. The van der Waals surface area contributed by atoms with Gasteiger partial charge < -0.3 is 5.32 Å². The molecular weight excluding hydrogens is 192 g/mol. The van der Waals surface area contributed by atoms with Gasteiger partial charge in [-0.15, -0.1) is 0 Å². The van der Waals surface area contributed by atoms with Gasteiger partial charge in [0.05, 0.1) is 0 Å². The van der Waals surface area contributed by atoms with Crippen molar-refractivity contribution >= 4 is 16.9 Å². The second-order valence-electron chi connectivity index (χ2n) is 5.49. The predicted molar refractivity (Wildman–Crippen MR) is 63.9 cm³/mol. The highest BCUT2D eigenvalue weighted by Gasteiger charge is 2.28. The van der Waals surface area contributed by atoms with Crippen molar-refractivity contribution in [3.05, 3.63) is 0 Å². The minimum absolute atomic E-state index is 0.392. The van der Waals surface area contributed by atoms with Crippen LogP contribution in [0.3, 0.4) is 0 Å². The molecule has 3 heteroatoms. The molecule has 14 heavy (non-hydrogen) atoms. The van der Waals surface area contributed by atoms with Crippen LogP contribution < -0.4 is 5.32 Å². The molecule has 1 fully saturated rings. The van der Waals surface area contributed by atoms with Gasteiger partial charge in [-0.1, -0.05) is 32.5 Å². The van der Waals surface area contributed by atoms with Gasteiger partial charge in [-0.25, -0.2) is 0 Å². The number of rotatable bonds is 1. The first kappa shape index (κ1) is 10.3. The number of nitrogens with one attached hydrogen (secondary N) is 1. The Balaban J connectivity index is 1.80. The van der Waals surface area contributed by atoms with Crippen LogP contribution in [0.2, 0.25) is 0 Å². The van der Waals surface area contributed by atoms with Crippen LogP contribution in [-0.2, 0) is 0 Å². The maximum atomic E-state index is 4.60. The second kappa shape index (κ2) is 3.76. The van der Waals surface area contributed by atoms with E-state index in [2.05, 4.69) is 31.1 Å². The zero-order valence-electron chi connectivity index (χ0n) is 9.34. The van der Waals surface area contributed by atoms with Gasteiger partial charge in [-0.05, 0) is 24.2 Å². The van der Waals surface area contributed by atoms with E-state index in [1.165, 1.54) is 23.8 Å². The molecule has 0 atom stereocenters. The third kappa shape index (κ3) is 2.44. The molecule has 2 nitrogen and oxygen atoms in total. The summed E-state index contributed by atoms with van der Waals surface area (Å²) >= 11 is 1.89. The number of hydrogen-bond donors (Lipinski definition) is 1. The Labute approximate surface area is 90.9 Å². The Hall–Kier alpha value is -0.180. The van der Waals surface area contributed by atoms with E-state index in [4.69, 9.17) is 0 Å². The number of hydrogen-bond acceptors (Lipinski definition) is 3. The Morgan fingerprint density at radius 2 is 2.14 bits per heavy atom. The third-order valence-electron chi connectivity index (χ3n) is 2.95. The van der Waals surface area contributed by atoms with Crippen molar-refractivity contribution < 1.29 is 0 Å². The highest BCUT2D eigenvalue weighted by molar-refractivity contribution is 8.13. The first-order valence-corrected chi connectivity index (χ1v) is 6.47. The van der Waals surface area contributed by atoms with Gasteiger partial charge in [0.15, 0.2) is 5.17 Å². The zero-order valence-corrected chi connectivity index (χ0v) is 10.2. The van der Waals surface area contributed by atoms with E-state index >= 15 is 0 Å². The first-order chi connectivity index (χ1) is 6.55. The lowest BCUT2D eigenvalue weighted by atomic mass is 9.82. The first-order valence-electron chi connectivity index (χ1n) is 5.49. The summed E-state index contributed by atoms with van der Waals surface area (Å²) in [7, 11) is 0. The van der Waals surface area contributed by atoms with E-state index in [0.29, 0.717) is 11.5 Å². The lowest BCUT2D eigenvalue weighted by Gasteiger charge is -2.36. The van der Waals surface area contributed by atoms with Gasteiger partial charge in [-0.2, -0.15) is 0 Å². The molecule has 0 bridgehead atoms. The summed E-state index contributed by atoms with van der Waals surface area (Å²) in [6.07, 6.45) is 2.64. The van der Waals surface area contributed by atoms with Crippen LogP contribution in [0.15, 0.2) is 4.99 Å². The fraction of sp³-hybridized carbons (Fsp3) is 0.909. The molecule has 0 spiro atoms. The van der Waals surface area contributed by atoms with E-state index in [-0.39, 0.29) is 0 Å². The quantitative estimate of drug-likeness (QED) is 0.722. The van der Waals surface area contributed by atoms with Crippen molar-refractivity contribution in [3.8, 4) is 0 Å². The van der Waals surface area contributed by atoms with E-state index < -0.39 is 0 Å². The molecule has 80 valence electrons. The topological polar surface area (TPSA) is 24.4 Å². The summed E-state index contributed by atoms with van der Waals surface area (Å²) in [5.41, 5.74) is 0.392. The highest BCUT2D eigenvalue weighted by Crippen LogP contribution is 2.30. The van der Waals surface area contributed by atoms with Crippen molar-refractivity contribution in [3.63, 3.8) is 0 Å². The molecule has 0 aromatic heterocycles. The molecule has 0 aromatic rings. The number of amidine groups is 1. The van der Waals surface area contributed by atoms with Crippen LogP contribution in [0.25, 0.3) is 0 Å². The van der Waals surface area contributed by atoms with E-state index in [1.54, 1.807) is 0 Å². The van der Waals surface area contributed by atoms with Crippen molar-refractivity contribution in [2.45, 2.75) is 39.7 Å². The van der Waals surface area contributed by atoms with Crippen LogP contribution in [0, 0.1) is 11.3 Å². The Morgan fingerprint density at radius 1 is 1.43 bits per heavy atom. The molecule has 0 radical (unpaired) electrons. The average molecular weight is 212 g/mol. The summed E-state index contributed by atoms with van der Waals surface area (Å²) in [5.74, 6) is 2.11. The minimum atomic E-state index is 0.392. The fourth-order valence-corrected chi connectivity index (χ4v) is 2.95. The van der Waals surface area contributed by atoms with Gasteiger partial charge in [0.2, 0.25) is 0 Å². The second-order valence-corrected chi connectivity index (χ2v) is 6.46. The predicted octanol–water partition coefficient (Wildman–Crippen LogP) is 2.50. The van der Waals surface area contributed by atoms with Gasteiger partial charge in [0.1, 0.15) is 0 Å². The lowest BCUT2D eigenvalue weighted by molar-refractivity contribution is 0.268. The molecule has 0 amide bonds. The molecule has 1 aliphatic heterocycles. The smallest absolute Gasteiger partial charge is 0.156 e. The fourth-order valence-electron chi connectivity index (χ4n) is 1.92. The molecule has 1 heterocycles. The summed E-state index contributed by atoms with van der Waals surface area (Å²) < 4.78 is 0. The zero-order chi connectivity index (χ0) is 10.2. The largest absolute Gasteiger partial charge is 0.362 e. The maximum Gasteiger partial charge on any atom is 0.156 e. The molecule has 1 saturated carbocycles. The summed E-state index contributed by atoms with van der Waals surface area (Å²) in [5, 5.41) is 4.72. The van der Waals surface area contributed by atoms with Crippen LogP contribution >= 0.6 is 11.8 Å². The Morgan fingerprint density at radius 3 is 2.64 bits per heavy atom. The lowest BCUT2D eigenvalue weighted by Crippen LogP contribution is -2.44. The standard InChI is InChI=1S/C11H20N2S/c1-8-4-9(5-8)13-10-12-6-11(2,3)7-14-10/h8-9H,4-7H2,1-3H3,(H,12,13). The molecule has 0 unspecified atom stereocenters. The van der Waals surface area contributed by atoms with Crippen LogP contribution in [0.5, 0.6) is 0 Å². The van der Waals surface area contributed by atoms with Gasteiger partial charge >= 0.3 is 0 Å². The summed E-state index contributed by atoms with van der Waals surface area (Å²) in [4.78, 5) is 4.60. The van der Waals surface area contributed by atoms with Crippen molar-refractivity contribution in [1.82, 2.24) is 5.32 Å². The van der Waals surface area contributed by atoms with Crippen molar-refractivity contribution in [1.29, 1.82) is 0 Å². The van der Waals surface area contributed by atoms with Gasteiger partial charge in [0, 0.05) is 18.3 Å². The molecule has 0 aromatic carbocycles. The van der Waals surface area contributed by atoms with Gasteiger partial charge in [0.25, 0.3) is 0 Å². The highest BCUT2D eigenvalue weighted by atomic mass is 32.2. The summed E-state index contributed by atoms with van der Waals surface area (Å²) in [6.45, 7) is 7.86. The number of aliphatic imine (C=N–C) groups is 1. The monoisotopic (exact) mass is 212 g/mol. The third-order valence-corrected chi connectivity index (χ3v) is 4.40. The molecule has 2 rings (SSSR count). The van der Waals surface area contributed by atoms with E-state index in [0.717, 1.165) is 12.5 Å². The SMILES string of the molecule is CC1CC(NC2=NCC(C)(C)CS2)C1. The average Bonchev–Trinajstić information content (AvgIpc) is 2.06. The minimum Gasteiger partial charge on any atom is -0.362 e. The van der Waals surface area contributed by atoms with E-state index in [9.17, 15) is 0 Å². The molecular formula is C11H20N2S. The normalized spacial score (nSPS) is 35.8. The summed E-state index contributed by atoms with van der Waals surface area (Å²) in [6, 6.07) is 0.706. The molecule has 0 saturated heterocycles. The number of thioether (sulfide) groups is 1. The van der Waals surface area contributed by atoms with Crippen LogP contribution in [0.1, 0.15) is 33.6 Å². The Kier molecular flexibility index (Phi) is 2.78. The van der Waals surface area contributed by atoms with Crippen molar-refractivity contribution in [2.24, 2.45) is 16.3 Å². The Bertz CT molecular complexity index is 242. The van der Waals surface area contributed by atoms with Crippen LogP contribution in [-0.4, -0.2) is 23.5 Å². The van der Waals surface area contributed by atoms with E-state index in [1.807, 2.05) is 11.8 Å². The molecule has 1 N–H and O–H groups in total. The van der Waals surface area contributed by atoms with Crippen molar-refractivity contribution in [2.75, 3.05) is 12.3 Å². The maximum absolute atomic E-state index is 4.60. The van der Waals surface area contributed by atoms with Gasteiger partial charge in [-0.3, -0.25) is 4.99 Å². The number of nitrogens with zero attached hydrogens (tertiary/aromatic N) is 1. The van der Waals surface area contributed by atoms with Crippen LogP contribution in [0.4, 0.5) is 0 Å².